The molecule has 0 saturated carbocycles. The van der Waals surface area contributed by atoms with E-state index in [-0.39, 0.29) is 0 Å². The first-order valence-corrected chi connectivity index (χ1v) is 4.34. The van der Waals surface area contributed by atoms with E-state index in [1.807, 2.05) is 30.3 Å². The van der Waals surface area contributed by atoms with Crippen molar-refractivity contribution in [2.75, 3.05) is 0 Å². The van der Waals surface area contributed by atoms with Gasteiger partial charge in [-0.2, -0.15) is 0 Å². The summed E-state index contributed by atoms with van der Waals surface area (Å²) < 4.78 is 0. The lowest BCUT2D eigenvalue weighted by Crippen LogP contribution is -2.28. The van der Waals surface area contributed by atoms with Crippen LogP contribution in [0.5, 0.6) is 0 Å². The number of hydrogen-bond donors (Lipinski definition) is 1. The topological polar surface area (TPSA) is 37.3 Å². The van der Waals surface area contributed by atoms with Crippen LogP contribution in [-0.4, -0.2) is 11.1 Å². The van der Waals surface area contributed by atoms with Gasteiger partial charge >= 0.3 is 5.97 Å². The van der Waals surface area contributed by atoms with Gasteiger partial charge in [0.1, 0.15) is 0 Å². The molecule has 0 radical (unpaired) electrons. The number of benzene rings is 1. The van der Waals surface area contributed by atoms with Crippen molar-refractivity contribution in [1.82, 2.24) is 0 Å². The molecule has 0 spiro atoms. The van der Waals surface area contributed by atoms with E-state index in [1.165, 1.54) is 0 Å². The van der Waals surface area contributed by atoms with E-state index in [1.54, 1.807) is 13.8 Å². The standard InChI is InChI=1S/C10H12O2.C2H4/c1-10(2,9(11)12)8-6-4-3-5-7-8;1-2/h3-7H,1-2H3,(H,11,12);1-2H2. The van der Waals surface area contributed by atoms with Crippen LogP contribution in [0.25, 0.3) is 0 Å². The van der Waals surface area contributed by atoms with Gasteiger partial charge in [0.05, 0.1) is 5.41 Å². The molecule has 0 fully saturated rings. The number of carboxylic acids is 1. The maximum atomic E-state index is 10.8. The van der Waals surface area contributed by atoms with Crippen LogP contribution in [-0.2, 0) is 10.2 Å². The van der Waals surface area contributed by atoms with Crippen LogP contribution in [0.2, 0.25) is 0 Å². The Hall–Kier alpha value is -1.57. The van der Waals surface area contributed by atoms with Crippen molar-refractivity contribution in [2.45, 2.75) is 19.3 Å². The molecule has 14 heavy (non-hydrogen) atoms. The molecule has 0 aliphatic rings. The van der Waals surface area contributed by atoms with Gasteiger partial charge in [0.2, 0.25) is 0 Å². The normalized spacial score (nSPS) is 9.86. The number of carboxylic acid groups (broad SMARTS) is 1. The van der Waals surface area contributed by atoms with Crippen LogP contribution >= 0.6 is 0 Å². The summed E-state index contributed by atoms with van der Waals surface area (Å²) in [5.74, 6) is -0.797. The molecule has 2 heteroatoms. The minimum atomic E-state index is -0.797. The average Bonchev–Trinajstić information content (AvgIpc) is 2.22. The lowest BCUT2D eigenvalue weighted by molar-refractivity contribution is -0.142. The SMILES string of the molecule is C=C.CC(C)(C(=O)O)c1ccccc1. The zero-order chi connectivity index (χ0) is 11.2. The molecule has 0 aliphatic carbocycles. The van der Waals surface area contributed by atoms with Gasteiger partial charge in [-0.25, -0.2) is 0 Å². The Morgan fingerprint density at radius 1 is 1.21 bits per heavy atom. The predicted octanol–water partition coefficient (Wildman–Crippen LogP) is 2.85. The van der Waals surface area contributed by atoms with Gasteiger partial charge in [-0.15, -0.1) is 13.2 Å². The van der Waals surface area contributed by atoms with E-state index in [9.17, 15) is 4.79 Å². The molecule has 76 valence electrons. The summed E-state index contributed by atoms with van der Waals surface area (Å²) in [4.78, 5) is 10.8. The summed E-state index contributed by atoms with van der Waals surface area (Å²) >= 11 is 0. The van der Waals surface area contributed by atoms with Gasteiger partial charge in [0, 0.05) is 0 Å². The quantitative estimate of drug-likeness (QED) is 0.731. The van der Waals surface area contributed by atoms with E-state index in [2.05, 4.69) is 13.2 Å². The third-order valence-corrected chi connectivity index (χ3v) is 2.03. The lowest BCUT2D eigenvalue weighted by atomic mass is 9.85. The summed E-state index contributed by atoms with van der Waals surface area (Å²) in [5.41, 5.74) is 0.0406. The molecule has 1 aromatic carbocycles. The molecule has 0 heterocycles. The summed E-state index contributed by atoms with van der Waals surface area (Å²) in [6, 6.07) is 9.23. The van der Waals surface area contributed by atoms with Gasteiger partial charge < -0.3 is 5.11 Å². The Morgan fingerprint density at radius 3 is 2.00 bits per heavy atom. The zero-order valence-corrected chi connectivity index (χ0v) is 8.66. The van der Waals surface area contributed by atoms with Crippen LogP contribution in [0, 0.1) is 0 Å². The molecule has 0 atom stereocenters. The van der Waals surface area contributed by atoms with Crippen molar-refractivity contribution < 1.29 is 9.90 Å². The van der Waals surface area contributed by atoms with Crippen LogP contribution in [0.3, 0.4) is 0 Å². The lowest BCUT2D eigenvalue weighted by Gasteiger charge is -2.18. The second-order valence-electron chi connectivity index (χ2n) is 3.30. The molecule has 0 amide bonds. The van der Waals surface area contributed by atoms with Crippen LogP contribution in [0.1, 0.15) is 19.4 Å². The first-order valence-electron chi connectivity index (χ1n) is 4.34. The molecular weight excluding hydrogens is 176 g/mol. The number of aliphatic carboxylic acids is 1. The van der Waals surface area contributed by atoms with Crippen molar-refractivity contribution in [3.63, 3.8) is 0 Å². The van der Waals surface area contributed by atoms with Crippen molar-refractivity contribution in [3.8, 4) is 0 Å². The predicted molar refractivity (Wildman–Crippen MR) is 58.4 cm³/mol. The summed E-state index contributed by atoms with van der Waals surface area (Å²) in [6.07, 6.45) is 0. The Balaban J connectivity index is 0.000000791. The van der Waals surface area contributed by atoms with Gasteiger partial charge in [-0.1, -0.05) is 30.3 Å². The second kappa shape index (κ2) is 5.22. The molecule has 0 saturated heterocycles. The number of hydrogen-bond acceptors (Lipinski definition) is 1. The maximum absolute atomic E-state index is 10.8. The Kier molecular flexibility index (Phi) is 4.64. The number of carbonyl (C=O) groups is 1. The molecule has 1 N–H and O–H groups in total. The largest absolute Gasteiger partial charge is 0.481 e. The molecular formula is C12H16O2. The van der Waals surface area contributed by atoms with Crippen molar-refractivity contribution >= 4 is 5.97 Å². The molecule has 0 unspecified atom stereocenters. The average molecular weight is 192 g/mol. The molecule has 0 bridgehead atoms. The number of rotatable bonds is 2. The third kappa shape index (κ3) is 2.73. The molecule has 1 rings (SSSR count). The minimum absolute atomic E-state index is 0.790. The van der Waals surface area contributed by atoms with Crippen molar-refractivity contribution in [3.05, 3.63) is 49.1 Å². The molecule has 2 nitrogen and oxygen atoms in total. The minimum Gasteiger partial charge on any atom is -0.481 e. The highest BCUT2D eigenvalue weighted by molar-refractivity contribution is 5.80. The fourth-order valence-electron chi connectivity index (χ4n) is 0.978. The Bertz CT molecular complexity index is 288. The van der Waals surface area contributed by atoms with E-state index in [4.69, 9.17) is 5.11 Å². The monoisotopic (exact) mass is 192 g/mol. The first kappa shape index (κ1) is 12.4. The highest BCUT2D eigenvalue weighted by atomic mass is 16.4. The smallest absolute Gasteiger partial charge is 0.313 e. The van der Waals surface area contributed by atoms with Gasteiger partial charge in [0.25, 0.3) is 0 Å². The zero-order valence-electron chi connectivity index (χ0n) is 8.66. The van der Waals surface area contributed by atoms with E-state index >= 15 is 0 Å². The Morgan fingerprint density at radius 2 is 1.64 bits per heavy atom. The van der Waals surface area contributed by atoms with E-state index in [0.29, 0.717) is 0 Å². The van der Waals surface area contributed by atoms with E-state index in [0.717, 1.165) is 5.56 Å². The summed E-state index contributed by atoms with van der Waals surface area (Å²) in [7, 11) is 0. The first-order chi connectivity index (χ1) is 6.55. The van der Waals surface area contributed by atoms with Crippen LogP contribution in [0.4, 0.5) is 0 Å². The second-order valence-corrected chi connectivity index (χ2v) is 3.30. The van der Waals surface area contributed by atoms with Gasteiger partial charge in [-0.05, 0) is 19.4 Å². The fourth-order valence-corrected chi connectivity index (χ4v) is 0.978. The highest BCUT2D eigenvalue weighted by Gasteiger charge is 2.28. The van der Waals surface area contributed by atoms with Gasteiger partial charge in [-0.3, -0.25) is 4.79 Å². The third-order valence-electron chi connectivity index (χ3n) is 2.03. The summed E-state index contributed by atoms with van der Waals surface area (Å²) in [5, 5.41) is 8.89. The van der Waals surface area contributed by atoms with Gasteiger partial charge in [0.15, 0.2) is 0 Å². The molecule has 1 aromatic rings. The highest BCUT2D eigenvalue weighted by Crippen LogP contribution is 2.22. The molecule has 0 aromatic heterocycles. The Labute approximate surface area is 84.9 Å². The summed E-state index contributed by atoms with van der Waals surface area (Å²) in [6.45, 7) is 9.40. The van der Waals surface area contributed by atoms with Crippen LogP contribution < -0.4 is 0 Å². The fraction of sp³-hybridized carbons (Fsp3) is 0.250. The van der Waals surface area contributed by atoms with Crippen molar-refractivity contribution in [2.24, 2.45) is 0 Å². The van der Waals surface area contributed by atoms with Crippen LogP contribution in [0.15, 0.2) is 43.5 Å². The van der Waals surface area contributed by atoms with E-state index < -0.39 is 11.4 Å². The van der Waals surface area contributed by atoms with Crippen molar-refractivity contribution in [1.29, 1.82) is 0 Å². The molecule has 0 aliphatic heterocycles. The maximum Gasteiger partial charge on any atom is 0.313 e.